The Kier molecular flexibility index (Phi) is 3.79. The van der Waals surface area contributed by atoms with Gasteiger partial charge in [-0.05, 0) is 25.0 Å². The van der Waals surface area contributed by atoms with E-state index in [1.54, 1.807) is 12.1 Å². The van der Waals surface area contributed by atoms with Crippen LogP contribution in [0.3, 0.4) is 0 Å². The largest absolute Gasteiger partial charge is 0.366 e. The first kappa shape index (κ1) is 10.4. The van der Waals surface area contributed by atoms with E-state index in [1.165, 1.54) is 6.20 Å². The Balaban J connectivity index is 2.55. The number of rotatable bonds is 5. The molecule has 0 aliphatic rings. The summed E-state index contributed by atoms with van der Waals surface area (Å²) in [5.41, 5.74) is 6.34. The van der Waals surface area contributed by atoms with E-state index < -0.39 is 5.91 Å². The summed E-state index contributed by atoms with van der Waals surface area (Å²) >= 11 is 0. The fourth-order valence-corrected chi connectivity index (χ4v) is 1.08. The first-order valence-corrected chi connectivity index (χ1v) is 4.42. The number of nitrogens with zero attached hydrogens (tertiary/aromatic N) is 1. The number of pyridine rings is 1. The maximum absolute atomic E-state index is 10.7. The molecular weight excluding hydrogens is 180 g/mol. The van der Waals surface area contributed by atoms with Crippen LogP contribution < -0.4 is 5.73 Å². The molecule has 1 rings (SSSR count). The molecule has 0 aliphatic heterocycles. The summed E-state index contributed by atoms with van der Waals surface area (Å²) < 4.78 is 0. The van der Waals surface area contributed by atoms with E-state index in [4.69, 9.17) is 5.73 Å². The lowest BCUT2D eigenvalue weighted by Crippen LogP contribution is -2.11. The summed E-state index contributed by atoms with van der Waals surface area (Å²) in [4.78, 5) is 24.8. The van der Waals surface area contributed by atoms with Gasteiger partial charge in [-0.2, -0.15) is 0 Å². The van der Waals surface area contributed by atoms with Crippen LogP contribution >= 0.6 is 0 Å². The highest BCUT2D eigenvalue weighted by atomic mass is 16.1. The maximum Gasteiger partial charge on any atom is 0.250 e. The number of hydrogen-bond donors (Lipinski definition) is 1. The van der Waals surface area contributed by atoms with E-state index in [-0.39, 0.29) is 0 Å². The predicted octanol–water partition coefficient (Wildman–Crippen LogP) is 0.702. The number of nitrogens with two attached hydrogens (primary N) is 1. The van der Waals surface area contributed by atoms with Crippen molar-refractivity contribution in [3.63, 3.8) is 0 Å². The predicted molar refractivity (Wildman–Crippen MR) is 51.8 cm³/mol. The van der Waals surface area contributed by atoms with Gasteiger partial charge in [-0.25, -0.2) is 0 Å². The highest BCUT2D eigenvalue weighted by Crippen LogP contribution is 2.03. The van der Waals surface area contributed by atoms with Gasteiger partial charge in [0.2, 0.25) is 5.91 Å². The molecule has 0 fully saturated rings. The molecule has 0 atom stereocenters. The summed E-state index contributed by atoms with van der Waals surface area (Å²) in [6.45, 7) is 0. The SMILES string of the molecule is NC(=O)c1ccc(CCCC=O)nc1. The molecule has 0 saturated carbocycles. The Morgan fingerprint density at radius 1 is 1.50 bits per heavy atom. The quantitative estimate of drug-likeness (QED) is 0.551. The van der Waals surface area contributed by atoms with Crippen molar-refractivity contribution in [1.29, 1.82) is 0 Å². The van der Waals surface area contributed by atoms with Crippen molar-refractivity contribution < 1.29 is 9.59 Å². The number of aldehydes is 1. The summed E-state index contributed by atoms with van der Waals surface area (Å²) in [6.07, 6.45) is 4.42. The van der Waals surface area contributed by atoms with E-state index in [0.717, 1.165) is 24.8 Å². The van der Waals surface area contributed by atoms with E-state index >= 15 is 0 Å². The van der Waals surface area contributed by atoms with Gasteiger partial charge in [0, 0.05) is 18.3 Å². The molecule has 0 bridgehead atoms. The Morgan fingerprint density at radius 2 is 2.29 bits per heavy atom. The Morgan fingerprint density at radius 3 is 2.79 bits per heavy atom. The highest BCUT2D eigenvalue weighted by molar-refractivity contribution is 5.92. The van der Waals surface area contributed by atoms with Crippen LogP contribution in [0.2, 0.25) is 0 Å². The van der Waals surface area contributed by atoms with Crippen molar-refractivity contribution in [3.05, 3.63) is 29.6 Å². The molecule has 4 heteroatoms. The first-order chi connectivity index (χ1) is 6.74. The van der Waals surface area contributed by atoms with Crippen LogP contribution in [0.25, 0.3) is 0 Å². The molecule has 2 N–H and O–H groups in total. The molecule has 0 unspecified atom stereocenters. The topological polar surface area (TPSA) is 73.1 Å². The van der Waals surface area contributed by atoms with Gasteiger partial charge in [0.15, 0.2) is 0 Å². The zero-order valence-electron chi connectivity index (χ0n) is 7.77. The number of carbonyl (C=O) groups is 2. The van der Waals surface area contributed by atoms with Gasteiger partial charge < -0.3 is 10.5 Å². The molecule has 74 valence electrons. The van der Waals surface area contributed by atoms with Crippen molar-refractivity contribution >= 4 is 12.2 Å². The number of primary amides is 1. The smallest absolute Gasteiger partial charge is 0.250 e. The van der Waals surface area contributed by atoms with Crippen LogP contribution in [0.4, 0.5) is 0 Å². The third-order valence-electron chi connectivity index (χ3n) is 1.86. The number of amides is 1. The van der Waals surface area contributed by atoms with E-state index in [9.17, 15) is 9.59 Å². The molecule has 1 heterocycles. The zero-order valence-corrected chi connectivity index (χ0v) is 7.77. The van der Waals surface area contributed by atoms with Gasteiger partial charge in [-0.3, -0.25) is 9.78 Å². The third-order valence-corrected chi connectivity index (χ3v) is 1.86. The molecule has 1 amide bonds. The Hall–Kier alpha value is -1.71. The van der Waals surface area contributed by atoms with E-state index in [1.807, 2.05) is 0 Å². The van der Waals surface area contributed by atoms with Gasteiger partial charge in [0.1, 0.15) is 6.29 Å². The summed E-state index contributed by atoms with van der Waals surface area (Å²) in [6, 6.07) is 3.40. The second-order valence-electron chi connectivity index (χ2n) is 2.96. The Bertz CT molecular complexity index is 319. The second-order valence-corrected chi connectivity index (χ2v) is 2.96. The van der Waals surface area contributed by atoms with Crippen LogP contribution in [0.15, 0.2) is 18.3 Å². The van der Waals surface area contributed by atoms with Crippen LogP contribution in [0.1, 0.15) is 28.9 Å². The molecule has 0 saturated heterocycles. The number of aryl methyl sites for hydroxylation is 1. The summed E-state index contributed by atoms with van der Waals surface area (Å²) in [5, 5.41) is 0. The molecule has 1 aromatic rings. The molecule has 0 radical (unpaired) electrons. The fourth-order valence-electron chi connectivity index (χ4n) is 1.08. The lowest BCUT2D eigenvalue weighted by atomic mass is 10.1. The van der Waals surface area contributed by atoms with Gasteiger partial charge >= 0.3 is 0 Å². The lowest BCUT2D eigenvalue weighted by Gasteiger charge is -1.99. The second kappa shape index (κ2) is 5.11. The Labute approximate surface area is 82.1 Å². The number of aromatic nitrogens is 1. The molecule has 4 nitrogen and oxygen atoms in total. The molecule has 0 aromatic carbocycles. The molecule has 0 aliphatic carbocycles. The van der Waals surface area contributed by atoms with Gasteiger partial charge in [-0.1, -0.05) is 0 Å². The maximum atomic E-state index is 10.7. The van der Waals surface area contributed by atoms with Crippen LogP contribution in [0, 0.1) is 0 Å². The minimum Gasteiger partial charge on any atom is -0.366 e. The van der Waals surface area contributed by atoms with Crippen molar-refractivity contribution in [2.45, 2.75) is 19.3 Å². The minimum atomic E-state index is -0.475. The van der Waals surface area contributed by atoms with Gasteiger partial charge in [0.05, 0.1) is 5.56 Å². The van der Waals surface area contributed by atoms with E-state index in [2.05, 4.69) is 4.98 Å². The molecule has 1 aromatic heterocycles. The van der Waals surface area contributed by atoms with Crippen LogP contribution in [-0.4, -0.2) is 17.2 Å². The number of hydrogen-bond acceptors (Lipinski definition) is 3. The average Bonchev–Trinajstić information content (AvgIpc) is 2.19. The average molecular weight is 192 g/mol. The highest BCUT2D eigenvalue weighted by Gasteiger charge is 2.00. The normalized spacial score (nSPS) is 9.71. The standard InChI is InChI=1S/C10H12N2O2/c11-10(14)8-4-5-9(12-7-8)3-1-2-6-13/h4-7H,1-3H2,(H2,11,14). The van der Waals surface area contributed by atoms with Crippen molar-refractivity contribution in [1.82, 2.24) is 4.98 Å². The summed E-state index contributed by atoms with van der Waals surface area (Å²) in [5.74, 6) is -0.475. The van der Waals surface area contributed by atoms with Crippen molar-refractivity contribution in [3.8, 4) is 0 Å². The monoisotopic (exact) mass is 192 g/mol. The number of carbonyl (C=O) groups excluding carboxylic acids is 2. The third kappa shape index (κ3) is 2.97. The summed E-state index contributed by atoms with van der Waals surface area (Å²) in [7, 11) is 0. The van der Waals surface area contributed by atoms with Crippen LogP contribution in [-0.2, 0) is 11.2 Å². The van der Waals surface area contributed by atoms with Gasteiger partial charge in [0.25, 0.3) is 0 Å². The van der Waals surface area contributed by atoms with Crippen LogP contribution in [0.5, 0.6) is 0 Å². The van der Waals surface area contributed by atoms with Crippen molar-refractivity contribution in [2.75, 3.05) is 0 Å². The molecule has 14 heavy (non-hydrogen) atoms. The van der Waals surface area contributed by atoms with Gasteiger partial charge in [-0.15, -0.1) is 0 Å². The zero-order chi connectivity index (χ0) is 10.4. The minimum absolute atomic E-state index is 0.407. The number of unbranched alkanes of at least 4 members (excludes halogenated alkanes) is 1. The van der Waals surface area contributed by atoms with E-state index in [0.29, 0.717) is 12.0 Å². The molecule has 0 spiro atoms. The van der Waals surface area contributed by atoms with Crippen molar-refractivity contribution in [2.24, 2.45) is 5.73 Å². The lowest BCUT2D eigenvalue weighted by molar-refractivity contribution is -0.107. The first-order valence-electron chi connectivity index (χ1n) is 4.42. The molecular formula is C10H12N2O2. The fraction of sp³-hybridized carbons (Fsp3) is 0.300.